The first-order valence-electron chi connectivity index (χ1n) is 5.18. The van der Waals surface area contributed by atoms with Crippen LogP contribution in [0.3, 0.4) is 0 Å². The Morgan fingerprint density at radius 2 is 2.29 bits per heavy atom. The number of urea groups is 1. The second kappa shape index (κ2) is 3.58. The summed E-state index contributed by atoms with van der Waals surface area (Å²) in [7, 11) is 0. The molecular weight excluding hydrogens is 222 g/mol. The molecule has 3 amide bonds. The van der Waals surface area contributed by atoms with Crippen molar-refractivity contribution in [2.24, 2.45) is 0 Å². The third-order valence-corrected chi connectivity index (χ3v) is 2.65. The van der Waals surface area contributed by atoms with Crippen LogP contribution in [-0.2, 0) is 4.79 Å². The number of pyridine rings is 1. The van der Waals surface area contributed by atoms with Crippen LogP contribution in [0.15, 0.2) is 29.0 Å². The normalized spacial score (nSPS) is 16.4. The molecule has 0 saturated carbocycles. The maximum absolute atomic E-state index is 11.6. The predicted octanol–water partition coefficient (Wildman–Crippen LogP) is 1.27. The van der Waals surface area contributed by atoms with Crippen molar-refractivity contribution in [1.82, 2.24) is 10.3 Å². The molecule has 0 unspecified atom stereocenters. The smallest absolute Gasteiger partial charge is 0.328 e. The highest BCUT2D eigenvalue weighted by molar-refractivity contribution is 6.05. The molecule has 2 aromatic rings. The number of nitrogens with zero attached hydrogens (tertiary/aromatic N) is 2. The fourth-order valence-corrected chi connectivity index (χ4v) is 1.79. The van der Waals surface area contributed by atoms with Crippen LogP contribution >= 0.6 is 0 Å². The van der Waals surface area contributed by atoms with Gasteiger partial charge in [0.05, 0.1) is 18.1 Å². The van der Waals surface area contributed by atoms with Gasteiger partial charge in [-0.15, -0.1) is 0 Å². The van der Waals surface area contributed by atoms with Gasteiger partial charge < -0.3 is 4.42 Å². The number of hydrogen-bond acceptors (Lipinski definition) is 4. The van der Waals surface area contributed by atoms with Crippen molar-refractivity contribution < 1.29 is 14.0 Å². The van der Waals surface area contributed by atoms with Gasteiger partial charge in [0, 0.05) is 25.1 Å². The molecule has 0 radical (unpaired) electrons. The van der Waals surface area contributed by atoms with E-state index in [9.17, 15) is 9.59 Å². The van der Waals surface area contributed by atoms with E-state index in [2.05, 4.69) is 10.3 Å². The Morgan fingerprint density at radius 1 is 1.41 bits per heavy atom. The van der Waals surface area contributed by atoms with Gasteiger partial charge in [-0.05, 0) is 0 Å². The Hall–Kier alpha value is -2.37. The summed E-state index contributed by atoms with van der Waals surface area (Å²) in [6, 6.07) is 3.06. The molecule has 3 rings (SSSR count). The molecule has 1 aliphatic heterocycles. The first-order valence-corrected chi connectivity index (χ1v) is 5.18. The predicted molar refractivity (Wildman–Crippen MR) is 59.5 cm³/mol. The van der Waals surface area contributed by atoms with Gasteiger partial charge in [-0.3, -0.25) is 20.0 Å². The SMILES string of the molecule is O=C1CCN(c2cnc3ccoc3c2)C(=O)N1. The van der Waals surface area contributed by atoms with Gasteiger partial charge in [0.1, 0.15) is 5.52 Å². The lowest BCUT2D eigenvalue weighted by Gasteiger charge is -2.25. The Labute approximate surface area is 96.2 Å². The largest absolute Gasteiger partial charge is 0.463 e. The van der Waals surface area contributed by atoms with Crippen LogP contribution in [-0.4, -0.2) is 23.5 Å². The second-order valence-corrected chi connectivity index (χ2v) is 3.75. The summed E-state index contributed by atoms with van der Waals surface area (Å²) in [6.07, 6.45) is 3.43. The molecule has 1 N–H and O–H groups in total. The maximum atomic E-state index is 11.6. The van der Waals surface area contributed by atoms with E-state index < -0.39 is 6.03 Å². The van der Waals surface area contributed by atoms with E-state index in [4.69, 9.17) is 4.42 Å². The molecule has 0 bridgehead atoms. The van der Waals surface area contributed by atoms with E-state index in [1.807, 2.05) is 0 Å². The number of amides is 3. The highest BCUT2D eigenvalue weighted by Crippen LogP contribution is 2.21. The minimum absolute atomic E-state index is 0.252. The quantitative estimate of drug-likeness (QED) is 0.802. The van der Waals surface area contributed by atoms with Crippen LogP contribution in [0, 0.1) is 0 Å². The number of carbonyl (C=O) groups is 2. The van der Waals surface area contributed by atoms with Crippen LogP contribution in [0.2, 0.25) is 0 Å². The van der Waals surface area contributed by atoms with Crippen LogP contribution < -0.4 is 10.2 Å². The van der Waals surface area contributed by atoms with Gasteiger partial charge in [-0.2, -0.15) is 0 Å². The molecule has 3 heterocycles. The molecule has 2 aromatic heterocycles. The minimum Gasteiger partial charge on any atom is -0.463 e. The molecule has 0 atom stereocenters. The zero-order valence-electron chi connectivity index (χ0n) is 8.84. The molecular formula is C11H9N3O3. The molecule has 1 fully saturated rings. The third-order valence-electron chi connectivity index (χ3n) is 2.65. The first-order chi connectivity index (χ1) is 8.24. The van der Waals surface area contributed by atoms with Crippen molar-refractivity contribution in [3.63, 3.8) is 0 Å². The average molecular weight is 231 g/mol. The van der Waals surface area contributed by atoms with Crippen LogP contribution in [0.5, 0.6) is 0 Å². The lowest BCUT2D eigenvalue weighted by molar-refractivity contribution is -0.120. The summed E-state index contributed by atoms with van der Waals surface area (Å²) < 4.78 is 5.22. The number of nitrogens with one attached hydrogen (secondary N) is 1. The number of fused-ring (bicyclic) bond motifs is 1. The number of hydrogen-bond donors (Lipinski definition) is 1. The molecule has 0 spiro atoms. The van der Waals surface area contributed by atoms with E-state index in [0.29, 0.717) is 24.2 Å². The Bertz CT molecular complexity index is 605. The lowest BCUT2D eigenvalue weighted by Crippen LogP contribution is -2.49. The standard InChI is InChI=1S/C11H9N3O3/c15-10-1-3-14(11(16)13-10)7-5-9-8(12-6-7)2-4-17-9/h2,4-6H,1,3H2,(H,13,15,16). The van der Waals surface area contributed by atoms with Crippen LogP contribution in [0.4, 0.5) is 10.5 Å². The maximum Gasteiger partial charge on any atom is 0.328 e. The summed E-state index contributed by atoms with van der Waals surface area (Å²) >= 11 is 0. The zero-order chi connectivity index (χ0) is 11.8. The van der Waals surface area contributed by atoms with Gasteiger partial charge in [0.15, 0.2) is 5.58 Å². The Kier molecular flexibility index (Phi) is 2.07. The second-order valence-electron chi connectivity index (χ2n) is 3.75. The van der Waals surface area contributed by atoms with Crippen LogP contribution in [0.1, 0.15) is 6.42 Å². The third kappa shape index (κ3) is 1.63. The van der Waals surface area contributed by atoms with Crippen molar-refractivity contribution in [3.8, 4) is 0 Å². The highest BCUT2D eigenvalue weighted by Gasteiger charge is 2.24. The average Bonchev–Trinajstić information content (AvgIpc) is 2.75. The summed E-state index contributed by atoms with van der Waals surface area (Å²) in [5.74, 6) is -0.252. The Balaban J connectivity index is 1.97. The van der Waals surface area contributed by atoms with E-state index in [0.717, 1.165) is 5.52 Å². The summed E-state index contributed by atoms with van der Waals surface area (Å²) in [6.45, 7) is 0.360. The van der Waals surface area contributed by atoms with Gasteiger partial charge in [-0.25, -0.2) is 4.79 Å². The van der Waals surface area contributed by atoms with Gasteiger partial charge in [0.2, 0.25) is 5.91 Å². The number of aromatic nitrogens is 1. The van der Waals surface area contributed by atoms with Crippen molar-refractivity contribution in [2.45, 2.75) is 6.42 Å². The van der Waals surface area contributed by atoms with E-state index >= 15 is 0 Å². The Morgan fingerprint density at radius 3 is 3.12 bits per heavy atom. The van der Waals surface area contributed by atoms with E-state index in [1.165, 1.54) is 4.90 Å². The van der Waals surface area contributed by atoms with E-state index in [-0.39, 0.29) is 5.91 Å². The molecule has 6 heteroatoms. The minimum atomic E-state index is -0.422. The monoisotopic (exact) mass is 231 g/mol. The molecule has 1 aliphatic rings. The van der Waals surface area contributed by atoms with Crippen molar-refractivity contribution in [2.75, 3.05) is 11.4 Å². The zero-order valence-corrected chi connectivity index (χ0v) is 8.84. The number of furan rings is 1. The number of rotatable bonds is 1. The molecule has 0 aromatic carbocycles. The summed E-state index contributed by atoms with van der Waals surface area (Å²) in [5, 5.41) is 2.26. The molecule has 86 valence electrons. The first kappa shape index (κ1) is 9.83. The van der Waals surface area contributed by atoms with E-state index in [1.54, 1.807) is 24.6 Å². The fourth-order valence-electron chi connectivity index (χ4n) is 1.79. The van der Waals surface area contributed by atoms with Crippen molar-refractivity contribution >= 4 is 28.7 Å². The molecule has 0 aliphatic carbocycles. The topological polar surface area (TPSA) is 75.4 Å². The number of imide groups is 1. The number of carbonyl (C=O) groups excluding carboxylic acids is 2. The van der Waals surface area contributed by atoms with Crippen molar-refractivity contribution in [1.29, 1.82) is 0 Å². The van der Waals surface area contributed by atoms with Crippen LogP contribution in [0.25, 0.3) is 11.1 Å². The molecule has 17 heavy (non-hydrogen) atoms. The summed E-state index contributed by atoms with van der Waals surface area (Å²) in [5.41, 5.74) is 1.98. The molecule has 1 saturated heterocycles. The lowest BCUT2D eigenvalue weighted by atomic mass is 10.2. The molecule has 6 nitrogen and oxygen atoms in total. The fraction of sp³-hybridized carbons (Fsp3) is 0.182. The van der Waals surface area contributed by atoms with Gasteiger partial charge >= 0.3 is 6.03 Å². The highest BCUT2D eigenvalue weighted by atomic mass is 16.3. The summed E-state index contributed by atoms with van der Waals surface area (Å²) in [4.78, 5) is 28.3. The number of anilines is 1. The van der Waals surface area contributed by atoms with Gasteiger partial charge in [0.25, 0.3) is 0 Å². The van der Waals surface area contributed by atoms with Gasteiger partial charge in [-0.1, -0.05) is 0 Å². The van der Waals surface area contributed by atoms with Crippen molar-refractivity contribution in [3.05, 3.63) is 24.6 Å².